The zero-order valence-electron chi connectivity index (χ0n) is 15.6. The fourth-order valence-corrected chi connectivity index (χ4v) is 5.11. The van der Waals surface area contributed by atoms with Crippen LogP contribution in [0.5, 0.6) is 0 Å². The van der Waals surface area contributed by atoms with Crippen LogP contribution >= 0.6 is 11.3 Å². The van der Waals surface area contributed by atoms with Crippen molar-refractivity contribution in [2.75, 3.05) is 18.4 Å². The topological polar surface area (TPSA) is 79.4 Å². The minimum absolute atomic E-state index is 0.157. The zero-order chi connectivity index (χ0) is 20.1. The van der Waals surface area contributed by atoms with E-state index in [1.807, 2.05) is 24.3 Å². The minimum atomic E-state index is -3.57. The van der Waals surface area contributed by atoms with Gasteiger partial charge in [-0.3, -0.25) is 4.79 Å². The predicted octanol–water partition coefficient (Wildman–Crippen LogP) is 3.98. The molecule has 0 atom stereocenters. The number of nitrogens with one attached hydrogen (secondary N) is 1. The lowest BCUT2D eigenvalue weighted by molar-refractivity contribution is -0.111. The van der Waals surface area contributed by atoms with E-state index in [0.29, 0.717) is 18.8 Å². The van der Waals surface area contributed by atoms with E-state index in [2.05, 4.69) is 10.3 Å². The largest absolute Gasteiger partial charge is 0.322 e. The molecule has 0 aliphatic heterocycles. The van der Waals surface area contributed by atoms with Crippen LogP contribution in [0.15, 0.2) is 59.5 Å². The van der Waals surface area contributed by atoms with Crippen LogP contribution in [-0.2, 0) is 14.8 Å². The van der Waals surface area contributed by atoms with Crippen molar-refractivity contribution in [2.45, 2.75) is 18.7 Å². The summed E-state index contributed by atoms with van der Waals surface area (Å²) in [6.45, 7) is 4.36. The van der Waals surface area contributed by atoms with Gasteiger partial charge in [-0.2, -0.15) is 4.31 Å². The number of amides is 1. The van der Waals surface area contributed by atoms with Crippen LogP contribution in [0.1, 0.15) is 18.9 Å². The van der Waals surface area contributed by atoms with E-state index in [-0.39, 0.29) is 10.8 Å². The number of hydrogen-bond acceptors (Lipinski definition) is 5. The number of anilines is 1. The van der Waals surface area contributed by atoms with E-state index >= 15 is 0 Å². The van der Waals surface area contributed by atoms with E-state index < -0.39 is 10.0 Å². The molecule has 0 radical (unpaired) electrons. The van der Waals surface area contributed by atoms with Crippen LogP contribution in [0, 0.1) is 0 Å². The Morgan fingerprint density at radius 3 is 2.61 bits per heavy atom. The van der Waals surface area contributed by atoms with Gasteiger partial charge < -0.3 is 5.32 Å². The van der Waals surface area contributed by atoms with Crippen LogP contribution in [0.25, 0.3) is 16.3 Å². The van der Waals surface area contributed by atoms with Gasteiger partial charge >= 0.3 is 0 Å². The van der Waals surface area contributed by atoms with Crippen molar-refractivity contribution in [2.24, 2.45) is 0 Å². The maximum absolute atomic E-state index is 12.6. The molecule has 1 amide bonds. The smallest absolute Gasteiger partial charge is 0.248 e. The molecule has 0 unspecified atom stereocenters. The van der Waals surface area contributed by atoms with E-state index in [9.17, 15) is 13.2 Å². The van der Waals surface area contributed by atoms with Crippen molar-refractivity contribution in [1.82, 2.24) is 9.29 Å². The Labute approximate surface area is 168 Å². The molecule has 6 nitrogen and oxygen atoms in total. The Hall–Kier alpha value is -2.55. The van der Waals surface area contributed by atoms with E-state index in [1.165, 1.54) is 33.9 Å². The lowest BCUT2D eigenvalue weighted by atomic mass is 10.3. The van der Waals surface area contributed by atoms with Crippen molar-refractivity contribution in [3.8, 4) is 0 Å². The monoisotopic (exact) mass is 415 g/mol. The molecule has 8 heteroatoms. The van der Waals surface area contributed by atoms with Crippen molar-refractivity contribution < 1.29 is 13.2 Å². The molecule has 0 saturated carbocycles. The van der Waals surface area contributed by atoms with Gasteiger partial charge in [-0.25, -0.2) is 13.4 Å². The summed E-state index contributed by atoms with van der Waals surface area (Å²) in [7, 11) is -3.57. The van der Waals surface area contributed by atoms with Crippen LogP contribution in [0.3, 0.4) is 0 Å². The molecule has 0 fully saturated rings. The van der Waals surface area contributed by atoms with Gasteiger partial charge in [0, 0.05) is 24.9 Å². The van der Waals surface area contributed by atoms with Gasteiger partial charge in [0.15, 0.2) is 0 Å². The second-order valence-electron chi connectivity index (χ2n) is 5.96. The molecule has 2 aromatic carbocycles. The van der Waals surface area contributed by atoms with Gasteiger partial charge in [0.05, 0.1) is 15.1 Å². The summed E-state index contributed by atoms with van der Waals surface area (Å²) in [6.07, 6.45) is 3.04. The van der Waals surface area contributed by atoms with Crippen molar-refractivity contribution in [3.05, 3.63) is 59.6 Å². The quantitative estimate of drug-likeness (QED) is 0.592. The molecule has 3 aromatic rings. The molecule has 28 heavy (non-hydrogen) atoms. The second kappa shape index (κ2) is 8.64. The normalized spacial score (nSPS) is 12.1. The highest BCUT2D eigenvalue weighted by Crippen LogP contribution is 2.23. The summed E-state index contributed by atoms with van der Waals surface area (Å²) < 4.78 is 27.7. The number of para-hydroxylation sites is 1. The highest BCUT2D eigenvalue weighted by molar-refractivity contribution is 7.89. The summed E-state index contributed by atoms with van der Waals surface area (Å²) in [5.74, 6) is -0.350. The molecular formula is C20H21N3O3S2. The predicted molar refractivity (Wildman–Crippen MR) is 114 cm³/mol. The first-order valence-corrected chi connectivity index (χ1v) is 11.1. The molecule has 0 saturated heterocycles. The van der Waals surface area contributed by atoms with Gasteiger partial charge in [-0.1, -0.05) is 32.0 Å². The second-order valence-corrected chi connectivity index (χ2v) is 8.96. The third-order valence-corrected chi connectivity index (χ3v) is 7.18. The molecule has 0 aliphatic rings. The van der Waals surface area contributed by atoms with E-state index in [1.54, 1.807) is 32.1 Å². The lowest BCUT2D eigenvalue weighted by Crippen LogP contribution is -2.30. The minimum Gasteiger partial charge on any atom is -0.322 e. The number of aromatic nitrogens is 1. The first kappa shape index (κ1) is 20.2. The Bertz CT molecular complexity index is 1080. The van der Waals surface area contributed by atoms with Crippen molar-refractivity contribution in [1.29, 1.82) is 0 Å². The van der Waals surface area contributed by atoms with Crippen LogP contribution in [0.4, 0.5) is 5.69 Å². The Balaban J connectivity index is 1.73. The standard InChI is InChI=1S/C20H21N3O3S2/c1-3-23(4-2)28(25,26)16-9-7-8-15(14-16)21-19(24)12-13-20-22-17-10-5-6-11-18(17)27-20/h5-14H,3-4H2,1-2H3,(H,21,24)/b13-12+. The van der Waals surface area contributed by atoms with E-state index in [0.717, 1.165) is 15.2 Å². The molecule has 1 aromatic heterocycles. The number of fused-ring (bicyclic) bond motifs is 1. The Morgan fingerprint density at radius 2 is 1.89 bits per heavy atom. The fraction of sp³-hybridized carbons (Fsp3) is 0.200. The molecule has 0 aliphatic carbocycles. The van der Waals surface area contributed by atoms with Gasteiger partial charge in [-0.15, -0.1) is 11.3 Å². The van der Waals surface area contributed by atoms with Gasteiger partial charge in [0.1, 0.15) is 5.01 Å². The fourth-order valence-electron chi connectivity index (χ4n) is 2.74. The Kier molecular flexibility index (Phi) is 6.23. The molecule has 146 valence electrons. The molecule has 0 spiro atoms. The maximum Gasteiger partial charge on any atom is 0.248 e. The van der Waals surface area contributed by atoms with Gasteiger partial charge in [0.2, 0.25) is 15.9 Å². The Morgan fingerprint density at radius 1 is 1.14 bits per heavy atom. The number of thiazole rings is 1. The van der Waals surface area contributed by atoms with Crippen LogP contribution < -0.4 is 5.32 Å². The number of nitrogens with zero attached hydrogens (tertiary/aromatic N) is 2. The van der Waals surface area contributed by atoms with Crippen LogP contribution in [0.2, 0.25) is 0 Å². The summed E-state index contributed by atoms with van der Waals surface area (Å²) in [5, 5.41) is 3.43. The molecular weight excluding hydrogens is 394 g/mol. The first-order valence-electron chi connectivity index (χ1n) is 8.89. The SMILES string of the molecule is CCN(CC)S(=O)(=O)c1cccc(NC(=O)/C=C/c2nc3ccccc3s2)c1. The highest BCUT2D eigenvalue weighted by atomic mass is 32.2. The van der Waals surface area contributed by atoms with Gasteiger partial charge in [0.25, 0.3) is 0 Å². The number of hydrogen-bond donors (Lipinski definition) is 1. The third kappa shape index (κ3) is 4.46. The van der Waals surface area contributed by atoms with Crippen molar-refractivity contribution >= 4 is 49.2 Å². The summed E-state index contributed by atoms with van der Waals surface area (Å²) in [5.41, 5.74) is 1.31. The highest BCUT2D eigenvalue weighted by Gasteiger charge is 2.21. The van der Waals surface area contributed by atoms with Crippen LogP contribution in [-0.4, -0.2) is 36.7 Å². The van der Waals surface area contributed by atoms with Crippen molar-refractivity contribution in [3.63, 3.8) is 0 Å². The van der Waals surface area contributed by atoms with E-state index in [4.69, 9.17) is 0 Å². The van der Waals surface area contributed by atoms with Gasteiger partial charge in [-0.05, 0) is 36.4 Å². The summed E-state index contributed by atoms with van der Waals surface area (Å²) in [6, 6.07) is 14.0. The average molecular weight is 416 g/mol. The molecule has 1 heterocycles. The summed E-state index contributed by atoms with van der Waals surface area (Å²) in [4.78, 5) is 16.8. The number of carbonyl (C=O) groups excluding carboxylic acids is 1. The number of carbonyl (C=O) groups is 1. The first-order chi connectivity index (χ1) is 13.4. The average Bonchev–Trinajstić information content (AvgIpc) is 3.10. The maximum atomic E-state index is 12.6. The zero-order valence-corrected chi connectivity index (χ0v) is 17.3. The third-order valence-electron chi connectivity index (χ3n) is 4.13. The number of benzene rings is 2. The number of rotatable bonds is 7. The molecule has 3 rings (SSSR count). The lowest BCUT2D eigenvalue weighted by Gasteiger charge is -2.18. The molecule has 0 bridgehead atoms. The summed E-state index contributed by atoms with van der Waals surface area (Å²) >= 11 is 1.50. The molecule has 1 N–H and O–H groups in total. The number of sulfonamides is 1.